The van der Waals surface area contributed by atoms with Crippen molar-refractivity contribution in [3.05, 3.63) is 193 Å². The Bertz CT molecular complexity index is 2690. The Balaban J connectivity index is 1.17. The fraction of sp³-hybridized carbons (Fsp3) is 0.0444. The topological polar surface area (TPSA) is 46.3 Å². The Kier molecular flexibility index (Phi) is 6.64. The van der Waals surface area contributed by atoms with Crippen LogP contribution >= 0.6 is 0 Å². The summed E-state index contributed by atoms with van der Waals surface area (Å²) in [6.07, 6.45) is -0.262. The normalized spacial score (nSPS) is 16.2. The first kappa shape index (κ1) is 28.6. The molecule has 0 radical (unpaired) electrons. The Hall–Kier alpha value is -6.43. The smallest absolute Gasteiger partial charge is 0.131 e. The lowest BCUT2D eigenvalue weighted by molar-refractivity contribution is 0.409. The minimum absolute atomic E-state index is 0.0842. The summed E-state index contributed by atoms with van der Waals surface area (Å²) < 4.78 is 4.87. The van der Waals surface area contributed by atoms with Crippen molar-refractivity contribution in [3.63, 3.8) is 0 Å². The SMILES string of the molecule is c1ccc(C2N=C(c3ccc(-n4c5ccccc5c5ccc6c7ccccc7n(-c7ccccc7)c6c54)cc3)NC(c3ccccc3)N2)cc1. The first-order valence-electron chi connectivity index (χ1n) is 17.1. The number of aromatic nitrogens is 2. The van der Waals surface area contributed by atoms with Crippen LogP contribution in [0.15, 0.2) is 181 Å². The number of amidine groups is 1. The summed E-state index contributed by atoms with van der Waals surface area (Å²) in [5.74, 6) is 0.867. The maximum atomic E-state index is 5.18. The quantitative estimate of drug-likeness (QED) is 0.196. The van der Waals surface area contributed by atoms with Gasteiger partial charge in [-0.3, -0.25) is 5.32 Å². The highest BCUT2D eigenvalue weighted by Crippen LogP contribution is 2.41. The van der Waals surface area contributed by atoms with E-state index in [1.807, 2.05) is 6.07 Å². The van der Waals surface area contributed by atoms with E-state index in [1.165, 1.54) is 49.2 Å². The number of para-hydroxylation sites is 3. The molecule has 3 heterocycles. The summed E-state index contributed by atoms with van der Waals surface area (Å²) in [6.45, 7) is 0. The highest BCUT2D eigenvalue weighted by atomic mass is 15.3. The van der Waals surface area contributed by atoms with Crippen molar-refractivity contribution in [1.29, 1.82) is 0 Å². The second-order valence-corrected chi connectivity index (χ2v) is 12.9. The molecule has 2 N–H and O–H groups in total. The van der Waals surface area contributed by atoms with Gasteiger partial charge in [-0.15, -0.1) is 0 Å². The van der Waals surface area contributed by atoms with Gasteiger partial charge in [0.2, 0.25) is 0 Å². The molecule has 0 saturated carbocycles. The van der Waals surface area contributed by atoms with Gasteiger partial charge in [0.05, 0.1) is 22.1 Å². The van der Waals surface area contributed by atoms with E-state index in [0.717, 1.165) is 28.3 Å². The van der Waals surface area contributed by atoms with Crippen LogP contribution in [0.25, 0.3) is 55.0 Å². The number of hydrogen-bond donors (Lipinski definition) is 2. The van der Waals surface area contributed by atoms with E-state index in [-0.39, 0.29) is 12.3 Å². The van der Waals surface area contributed by atoms with Crippen molar-refractivity contribution in [1.82, 2.24) is 19.8 Å². The van der Waals surface area contributed by atoms with Crippen LogP contribution in [0.2, 0.25) is 0 Å². The molecule has 2 unspecified atom stereocenters. The van der Waals surface area contributed by atoms with Crippen LogP contribution in [0, 0.1) is 0 Å². The average molecular weight is 644 g/mol. The van der Waals surface area contributed by atoms with Crippen LogP contribution < -0.4 is 10.6 Å². The number of benzene rings is 7. The van der Waals surface area contributed by atoms with Gasteiger partial charge in [0.25, 0.3) is 0 Å². The molecule has 0 aliphatic carbocycles. The molecule has 9 aromatic rings. The van der Waals surface area contributed by atoms with Gasteiger partial charge < -0.3 is 14.5 Å². The fourth-order valence-electron chi connectivity index (χ4n) is 7.71. The molecule has 2 aromatic heterocycles. The monoisotopic (exact) mass is 643 g/mol. The van der Waals surface area contributed by atoms with Crippen molar-refractivity contribution in [2.24, 2.45) is 4.99 Å². The van der Waals surface area contributed by atoms with Gasteiger partial charge in [-0.05, 0) is 59.7 Å². The van der Waals surface area contributed by atoms with E-state index in [9.17, 15) is 0 Å². The zero-order valence-corrected chi connectivity index (χ0v) is 27.2. The molecule has 2 atom stereocenters. The van der Waals surface area contributed by atoms with Crippen LogP contribution in [0.3, 0.4) is 0 Å². The van der Waals surface area contributed by atoms with Crippen molar-refractivity contribution in [2.45, 2.75) is 12.3 Å². The number of fused-ring (bicyclic) bond motifs is 7. The van der Waals surface area contributed by atoms with Crippen LogP contribution in [0.1, 0.15) is 29.0 Å². The molecule has 7 aromatic carbocycles. The third-order valence-corrected chi connectivity index (χ3v) is 9.99. The molecule has 0 bridgehead atoms. The summed E-state index contributed by atoms with van der Waals surface area (Å²) in [5.41, 5.74) is 10.4. The number of nitrogens with one attached hydrogen (secondary N) is 2. The van der Waals surface area contributed by atoms with Gasteiger partial charge in [0, 0.05) is 38.5 Å². The highest BCUT2D eigenvalue weighted by Gasteiger charge is 2.26. The van der Waals surface area contributed by atoms with Crippen LogP contribution in [-0.2, 0) is 0 Å². The van der Waals surface area contributed by atoms with Gasteiger partial charge in [-0.1, -0.05) is 127 Å². The number of rotatable bonds is 5. The van der Waals surface area contributed by atoms with Crippen molar-refractivity contribution in [3.8, 4) is 11.4 Å². The summed E-state index contributed by atoms with van der Waals surface area (Å²) in [5, 5.41) is 12.4. The molecular formula is C45H33N5. The largest absolute Gasteiger partial charge is 0.350 e. The molecular weight excluding hydrogens is 611 g/mol. The van der Waals surface area contributed by atoms with Crippen LogP contribution in [0.4, 0.5) is 0 Å². The lowest BCUT2D eigenvalue weighted by Gasteiger charge is -2.32. The average Bonchev–Trinajstić information content (AvgIpc) is 3.72. The number of aliphatic imine (C=N–C) groups is 1. The lowest BCUT2D eigenvalue weighted by atomic mass is 10.1. The Labute approximate surface area is 289 Å². The predicted molar refractivity (Wildman–Crippen MR) is 206 cm³/mol. The summed E-state index contributed by atoms with van der Waals surface area (Å²) >= 11 is 0. The lowest BCUT2D eigenvalue weighted by Crippen LogP contribution is -2.44. The number of hydrogen-bond acceptors (Lipinski definition) is 3. The maximum absolute atomic E-state index is 5.18. The minimum atomic E-state index is -0.178. The molecule has 50 heavy (non-hydrogen) atoms. The molecule has 5 heteroatoms. The van der Waals surface area contributed by atoms with Gasteiger partial charge >= 0.3 is 0 Å². The molecule has 1 aliphatic heterocycles. The first-order valence-corrected chi connectivity index (χ1v) is 17.1. The van der Waals surface area contributed by atoms with E-state index in [0.29, 0.717) is 0 Å². The van der Waals surface area contributed by atoms with Crippen molar-refractivity contribution >= 4 is 49.4 Å². The molecule has 0 saturated heterocycles. The number of nitrogens with zero attached hydrogens (tertiary/aromatic N) is 3. The van der Waals surface area contributed by atoms with E-state index < -0.39 is 0 Å². The van der Waals surface area contributed by atoms with Crippen molar-refractivity contribution in [2.75, 3.05) is 0 Å². The van der Waals surface area contributed by atoms with Crippen molar-refractivity contribution < 1.29 is 0 Å². The first-order chi connectivity index (χ1) is 24.8. The van der Waals surface area contributed by atoms with E-state index in [1.54, 1.807) is 0 Å². The second-order valence-electron chi connectivity index (χ2n) is 12.9. The van der Waals surface area contributed by atoms with Gasteiger partial charge in [-0.25, -0.2) is 4.99 Å². The van der Waals surface area contributed by atoms with E-state index in [2.05, 4.69) is 190 Å². The predicted octanol–water partition coefficient (Wildman–Crippen LogP) is 10.2. The summed E-state index contributed by atoms with van der Waals surface area (Å²) in [6, 6.07) is 62.6. The molecule has 0 amide bonds. The van der Waals surface area contributed by atoms with Crippen LogP contribution in [-0.4, -0.2) is 15.0 Å². The van der Waals surface area contributed by atoms with Gasteiger partial charge in [0.1, 0.15) is 18.2 Å². The highest BCUT2D eigenvalue weighted by molar-refractivity contribution is 6.23. The van der Waals surface area contributed by atoms with E-state index >= 15 is 0 Å². The maximum Gasteiger partial charge on any atom is 0.131 e. The Morgan fingerprint density at radius 2 is 0.900 bits per heavy atom. The second kappa shape index (κ2) is 11.6. The third-order valence-electron chi connectivity index (χ3n) is 9.99. The molecule has 5 nitrogen and oxygen atoms in total. The Morgan fingerprint density at radius 3 is 1.48 bits per heavy atom. The standard InChI is InChI=1S/C45H33N5/c1-4-14-30(15-5-1)43-46-44(31-16-6-2-7-17-31)48-45(47-43)32-24-26-34(27-25-32)50-40-23-13-11-21-36(40)38-29-28-37-35-20-10-12-22-39(35)49(41(37)42(38)50)33-18-8-3-9-19-33/h1-29,43-44,46H,(H,47,48). The molecule has 10 rings (SSSR count). The molecule has 238 valence electrons. The van der Waals surface area contributed by atoms with Crippen LogP contribution in [0.5, 0.6) is 0 Å². The van der Waals surface area contributed by atoms with Gasteiger partial charge in [0.15, 0.2) is 0 Å². The zero-order valence-electron chi connectivity index (χ0n) is 27.2. The third kappa shape index (κ3) is 4.55. The Morgan fingerprint density at radius 1 is 0.420 bits per heavy atom. The fourth-order valence-corrected chi connectivity index (χ4v) is 7.71. The zero-order chi connectivity index (χ0) is 33.0. The summed E-state index contributed by atoms with van der Waals surface area (Å²) in [7, 11) is 0. The molecule has 0 fully saturated rings. The van der Waals surface area contributed by atoms with E-state index in [4.69, 9.17) is 4.99 Å². The van der Waals surface area contributed by atoms with Gasteiger partial charge in [-0.2, -0.15) is 0 Å². The minimum Gasteiger partial charge on any atom is -0.350 e. The summed E-state index contributed by atoms with van der Waals surface area (Å²) in [4.78, 5) is 5.18. The molecule has 1 aliphatic rings. The molecule has 0 spiro atoms.